The van der Waals surface area contributed by atoms with Crippen molar-refractivity contribution in [1.82, 2.24) is 0 Å². The molecule has 0 aromatic heterocycles. The maximum Gasteiger partial charge on any atom is 0.198 e. The van der Waals surface area contributed by atoms with Crippen LogP contribution in [0.1, 0.15) is 75.8 Å². The number of aliphatic hydroxyl groups is 1. The van der Waals surface area contributed by atoms with Gasteiger partial charge < -0.3 is 36.3 Å². The van der Waals surface area contributed by atoms with Gasteiger partial charge in [-0.3, -0.25) is 14.4 Å². The Balaban J connectivity index is 0.00000200. The summed E-state index contributed by atoms with van der Waals surface area (Å²) >= 11 is 0. The van der Waals surface area contributed by atoms with Gasteiger partial charge in [-0.2, -0.15) is 0 Å². The van der Waals surface area contributed by atoms with Crippen molar-refractivity contribution in [2.45, 2.75) is 69.3 Å². The molecule has 38 heavy (non-hydrogen) atoms. The van der Waals surface area contributed by atoms with Crippen molar-refractivity contribution >= 4 is 42.2 Å². The second-order valence-corrected chi connectivity index (χ2v) is 9.92. The molecular weight excluding hydrogens is 539 g/mol. The van der Waals surface area contributed by atoms with Crippen LogP contribution < -0.4 is 11.5 Å². The molecule has 1 fully saturated rings. The van der Waals surface area contributed by atoms with Crippen LogP contribution in [0, 0.1) is 0 Å². The summed E-state index contributed by atoms with van der Waals surface area (Å²) in [5.74, 6) is -2.63. The topological polar surface area (TPSA) is 182 Å². The number of halogens is 2. The van der Waals surface area contributed by atoms with Crippen LogP contribution in [0.15, 0.2) is 24.3 Å². The Morgan fingerprint density at radius 3 is 2.16 bits per heavy atom. The predicted octanol–water partition coefficient (Wildman–Crippen LogP) is 1.83. The highest BCUT2D eigenvalue weighted by atomic mass is 35.5. The number of carbonyl (C=O) groups excluding carboxylic acids is 3. The fourth-order valence-corrected chi connectivity index (χ4v) is 5.47. The summed E-state index contributed by atoms with van der Waals surface area (Å²) in [6, 6.07) is 5.51. The van der Waals surface area contributed by atoms with Crippen LogP contribution in [0.3, 0.4) is 0 Å². The monoisotopic (exact) mass is 568 g/mol. The second-order valence-electron chi connectivity index (χ2n) is 9.92. The summed E-state index contributed by atoms with van der Waals surface area (Å²) in [7, 11) is 0. The van der Waals surface area contributed by atoms with E-state index in [0.717, 1.165) is 0 Å². The molecule has 10 nitrogen and oxygen atoms in total. The highest BCUT2D eigenvalue weighted by Gasteiger charge is 2.48. The highest BCUT2D eigenvalue weighted by Crippen LogP contribution is 2.51. The maximum atomic E-state index is 13.4. The first-order valence-corrected chi connectivity index (χ1v) is 11.8. The zero-order valence-electron chi connectivity index (χ0n) is 20.7. The van der Waals surface area contributed by atoms with Crippen molar-refractivity contribution in [3.05, 3.63) is 57.6 Å². The molecule has 0 saturated carbocycles. The molecule has 12 heteroatoms. The minimum atomic E-state index is -1.47. The third-order valence-corrected chi connectivity index (χ3v) is 7.59. The van der Waals surface area contributed by atoms with Gasteiger partial charge in [0.1, 0.15) is 17.3 Å². The van der Waals surface area contributed by atoms with E-state index in [-0.39, 0.29) is 83.2 Å². The number of ketones is 3. The fourth-order valence-electron chi connectivity index (χ4n) is 5.47. The number of benzene rings is 2. The van der Waals surface area contributed by atoms with Gasteiger partial charge in [0, 0.05) is 47.6 Å². The van der Waals surface area contributed by atoms with Gasteiger partial charge in [0.05, 0.1) is 35.0 Å². The van der Waals surface area contributed by atoms with Crippen molar-refractivity contribution in [3.8, 4) is 11.5 Å². The number of Topliss-reactive ketones (excluding diaryl/α,β-unsaturated/α-hetero) is 1. The molecule has 0 spiro atoms. The maximum absolute atomic E-state index is 13.4. The third-order valence-electron chi connectivity index (χ3n) is 7.59. The van der Waals surface area contributed by atoms with Crippen LogP contribution in [-0.4, -0.2) is 62.7 Å². The lowest BCUT2D eigenvalue weighted by Gasteiger charge is -2.42. The van der Waals surface area contributed by atoms with Crippen LogP contribution in [0.2, 0.25) is 0 Å². The third kappa shape index (κ3) is 4.50. The summed E-state index contributed by atoms with van der Waals surface area (Å²) in [4.78, 5) is 39.2. The number of ether oxygens (including phenoxy) is 2. The minimum absolute atomic E-state index is 0. The van der Waals surface area contributed by atoms with Gasteiger partial charge in [-0.15, -0.1) is 24.8 Å². The lowest BCUT2D eigenvalue weighted by molar-refractivity contribution is -0.243. The van der Waals surface area contributed by atoms with E-state index in [1.807, 2.05) is 0 Å². The second kappa shape index (κ2) is 10.5. The molecule has 0 bridgehead atoms. The highest BCUT2D eigenvalue weighted by molar-refractivity contribution is 6.30. The lowest BCUT2D eigenvalue weighted by Crippen LogP contribution is -2.54. The van der Waals surface area contributed by atoms with Crippen LogP contribution >= 0.6 is 24.8 Å². The van der Waals surface area contributed by atoms with E-state index >= 15 is 0 Å². The Labute approximate surface area is 231 Å². The minimum Gasteiger partial charge on any atom is -0.507 e. The van der Waals surface area contributed by atoms with Crippen LogP contribution in [0.4, 0.5) is 0 Å². The van der Waals surface area contributed by atoms with Crippen LogP contribution in [0.5, 0.6) is 11.5 Å². The molecule has 5 rings (SSSR count). The molecule has 2 aromatic rings. The smallest absolute Gasteiger partial charge is 0.198 e. The first-order chi connectivity index (χ1) is 16.9. The molecular formula is C26H30Cl2N2O8. The number of aromatic hydroxyl groups is 2. The summed E-state index contributed by atoms with van der Waals surface area (Å²) in [6.45, 7) is 2.95. The number of phenols is 2. The molecule has 1 saturated heterocycles. The molecule has 6 atom stereocenters. The van der Waals surface area contributed by atoms with E-state index in [0.29, 0.717) is 0 Å². The zero-order valence-corrected chi connectivity index (χ0v) is 22.3. The Hall–Kier alpha value is -2.57. The van der Waals surface area contributed by atoms with Gasteiger partial charge in [-0.05, 0) is 13.8 Å². The molecule has 206 valence electrons. The number of carbonyl (C=O) groups is 3. The lowest BCUT2D eigenvalue weighted by atomic mass is 9.71. The van der Waals surface area contributed by atoms with Crippen molar-refractivity contribution in [3.63, 3.8) is 0 Å². The molecule has 2 aliphatic carbocycles. The van der Waals surface area contributed by atoms with Crippen molar-refractivity contribution in [2.75, 3.05) is 0 Å². The normalized spacial score (nSPS) is 29.8. The summed E-state index contributed by atoms with van der Waals surface area (Å²) in [5, 5.41) is 32.8. The number of phenolic OH excluding ortho intramolecular Hbond substituents is 2. The van der Waals surface area contributed by atoms with E-state index < -0.39 is 59.2 Å². The first kappa shape index (κ1) is 30.0. The first-order valence-electron chi connectivity index (χ1n) is 11.8. The molecule has 0 amide bonds. The Morgan fingerprint density at radius 2 is 1.63 bits per heavy atom. The van der Waals surface area contributed by atoms with Crippen molar-refractivity contribution in [2.24, 2.45) is 11.5 Å². The Kier molecular flexibility index (Phi) is 8.31. The molecule has 2 aromatic carbocycles. The standard InChI is InChI=1S/C26H28N2O8.2ClH/c1-10-21(30)15(27)7-17(35-10)36-16-9-26(28,11(2)29)8-14-18(16)25(34)20-19(24(14)33)22(31)12-5-3-4-6-13(12)23(20)32;;/h3-6,10,15-17,21,30,33-34H,7-9,27-28H2,1-2H3;2*1H/t10-,15-,16-,17-,21+,26-;;/m0../s1. The van der Waals surface area contributed by atoms with Gasteiger partial charge in [0.15, 0.2) is 17.9 Å². The molecule has 3 aliphatic rings. The molecule has 1 aliphatic heterocycles. The van der Waals surface area contributed by atoms with Crippen LogP contribution in [-0.2, 0) is 20.7 Å². The van der Waals surface area contributed by atoms with Gasteiger partial charge in [0.2, 0.25) is 0 Å². The van der Waals surface area contributed by atoms with Crippen molar-refractivity contribution < 1.29 is 39.2 Å². The number of nitrogens with two attached hydrogens (primary N) is 2. The number of rotatable bonds is 3. The molecule has 0 unspecified atom stereocenters. The number of hydrogen-bond donors (Lipinski definition) is 5. The summed E-state index contributed by atoms with van der Waals surface area (Å²) < 4.78 is 11.9. The summed E-state index contributed by atoms with van der Waals surface area (Å²) in [5.41, 5.74) is 10.7. The SMILES string of the molecule is CC(=O)[C@]1(N)Cc2c(O)c3c(c(O)c2[C@@H](O[C@H]2C[C@H](N)[C@H](O)[C@H](C)O2)C1)C(=O)c1ccccc1C3=O.Cl.Cl. The van der Waals surface area contributed by atoms with Crippen molar-refractivity contribution in [1.29, 1.82) is 0 Å². The Bertz CT molecular complexity index is 1310. The van der Waals surface area contributed by atoms with E-state index in [2.05, 4.69) is 0 Å². The predicted molar refractivity (Wildman–Crippen MR) is 140 cm³/mol. The molecule has 7 N–H and O–H groups in total. The van der Waals surface area contributed by atoms with E-state index in [9.17, 15) is 29.7 Å². The van der Waals surface area contributed by atoms with Gasteiger partial charge in [-0.1, -0.05) is 24.3 Å². The number of hydrogen-bond acceptors (Lipinski definition) is 10. The van der Waals surface area contributed by atoms with Crippen LogP contribution in [0.25, 0.3) is 0 Å². The average Bonchev–Trinajstić information content (AvgIpc) is 2.82. The summed E-state index contributed by atoms with van der Waals surface area (Å²) in [6.07, 6.45) is -3.66. The van der Waals surface area contributed by atoms with E-state index in [4.69, 9.17) is 20.9 Å². The molecule has 1 heterocycles. The van der Waals surface area contributed by atoms with Gasteiger partial charge >= 0.3 is 0 Å². The van der Waals surface area contributed by atoms with E-state index in [1.165, 1.54) is 19.1 Å². The van der Waals surface area contributed by atoms with Gasteiger partial charge in [0.25, 0.3) is 0 Å². The average molecular weight is 569 g/mol. The van der Waals surface area contributed by atoms with Gasteiger partial charge in [-0.25, -0.2) is 0 Å². The number of fused-ring (bicyclic) bond motifs is 3. The largest absolute Gasteiger partial charge is 0.507 e. The quantitative estimate of drug-likeness (QED) is 0.292. The molecule has 0 radical (unpaired) electrons. The fraction of sp³-hybridized carbons (Fsp3) is 0.423. The zero-order chi connectivity index (χ0) is 26.1. The number of aliphatic hydroxyl groups excluding tert-OH is 1. The van der Waals surface area contributed by atoms with E-state index in [1.54, 1.807) is 19.1 Å². The Morgan fingerprint density at radius 1 is 1.08 bits per heavy atom.